The standard InChI is InChI=1S/C18H37/c1-9-14(5)12-18(16(7)11-13(3)4)17(8)15(6)10-2/h13,15-18H,9-12H2,1-8H3. The molecule has 0 aliphatic rings. The fourth-order valence-corrected chi connectivity index (χ4v) is 3.16. The van der Waals surface area contributed by atoms with Crippen LogP contribution in [0.2, 0.25) is 0 Å². The molecule has 0 amide bonds. The Hall–Kier alpha value is 0. The Labute approximate surface area is 117 Å². The van der Waals surface area contributed by atoms with Crippen molar-refractivity contribution in [3.05, 3.63) is 5.92 Å². The van der Waals surface area contributed by atoms with Gasteiger partial charge in [0.2, 0.25) is 0 Å². The van der Waals surface area contributed by atoms with Crippen molar-refractivity contribution >= 4 is 0 Å². The predicted octanol–water partition coefficient (Wildman–Crippen LogP) is 6.36. The highest BCUT2D eigenvalue weighted by molar-refractivity contribution is 4.89. The van der Waals surface area contributed by atoms with E-state index in [9.17, 15) is 0 Å². The number of hydrogen-bond donors (Lipinski definition) is 0. The maximum Gasteiger partial charge on any atom is -0.0272 e. The summed E-state index contributed by atoms with van der Waals surface area (Å²) in [6.45, 7) is 19.1. The highest BCUT2D eigenvalue weighted by Gasteiger charge is 2.28. The van der Waals surface area contributed by atoms with Gasteiger partial charge in [-0.15, -0.1) is 0 Å². The van der Waals surface area contributed by atoms with Gasteiger partial charge in [0.25, 0.3) is 0 Å². The minimum Gasteiger partial charge on any atom is -0.0651 e. The minimum atomic E-state index is 0.827. The van der Waals surface area contributed by atoms with Gasteiger partial charge in [-0.2, -0.15) is 0 Å². The normalized spacial score (nSPS) is 19.0. The van der Waals surface area contributed by atoms with Crippen molar-refractivity contribution in [3.63, 3.8) is 0 Å². The molecule has 0 aliphatic heterocycles. The third kappa shape index (κ3) is 6.25. The first-order chi connectivity index (χ1) is 8.33. The van der Waals surface area contributed by atoms with Crippen LogP contribution in [-0.4, -0.2) is 0 Å². The maximum atomic E-state index is 2.48. The van der Waals surface area contributed by atoms with Crippen LogP contribution in [0.15, 0.2) is 0 Å². The summed E-state index contributed by atoms with van der Waals surface area (Å²) in [5, 5.41) is 0. The first-order valence-electron chi connectivity index (χ1n) is 8.14. The van der Waals surface area contributed by atoms with Gasteiger partial charge in [0.15, 0.2) is 0 Å². The van der Waals surface area contributed by atoms with Crippen LogP contribution in [0.3, 0.4) is 0 Å². The second-order valence-corrected chi connectivity index (χ2v) is 7.03. The molecule has 0 nitrogen and oxygen atoms in total. The van der Waals surface area contributed by atoms with E-state index in [0.29, 0.717) is 0 Å². The third-order valence-corrected chi connectivity index (χ3v) is 4.98. The smallest absolute Gasteiger partial charge is 0.0272 e. The maximum absolute atomic E-state index is 2.48. The van der Waals surface area contributed by atoms with Gasteiger partial charge < -0.3 is 0 Å². The van der Waals surface area contributed by atoms with Crippen molar-refractivity contribution in [1.29, 1.82) is 0 Å². The zero-order valence-corrected chi connectivity index (χ0v) is 14.2. The van der Waals surface area contributed by atoms with Crippen LogP contribution in [0.5, 0.6) is 0 Å². The molecule has 0 fully saturated rings. The van der Waals surface area contributed by atoms with Gasteiger partial charge in [0.1, 0.15) is 0 Å². The Morgan fingerprint density at radius 2 is 1.44 bits per heavy atom. The Kier molecular flexibility index (Phi) is 8.99. The van der Waals surface area contributed by atoms with Gasteiger partial charge in [0, 0.05) is 0 Å². The molecule has 0 aliphatic carbocycles. The number of hydrogen-bond acceptors (Lipinski definition) is 0. The van der Waals surface area contributed by atoms with E-state index in [0.717, 1.165) is 29.6 Å². The molecule has 0 saturated carbocycles. The van der Waals surface area contributed by atoms with Crippen LogP contribution in [0.25, 0.3) is 0 Å². The number of rotatable bonds is 9. The minimum absolute atomic E-state index is 0.827. The molecule has 109 valence electrons. The van der Waals surface area contributed by atoms with Crippen molar-refractivity contribution in [2.75, 3.05) is 0 Å². The summed E-state index contributed by atoms with van der Waals surface area (Å²) < 4.78 is 0. The average molecular weight is 253 g/mol. The fraction of sp³-hybridized carbons (Fsp3) is 0.944. The molecule has 0 heteroatoms. The highest BCUT2D eigenvalue weighted by Crippen LogP contribution is 2.37. The van der Waals surface area contributed by atoms with E-state index >= 15 is 0 Å². The predicted molar refractivity (Wildman–Crippen MR) is 84.6 cm³/mol. The van der Waals surface area contributed by atoms with E-state index in [1.807, 2.05) is 0 Å². The van der Waals surface area contributed by atoms with Crippen LogP contribution in [-0.2, 0) is 0 Å². The Balaban J connectivity index is 4.69. The van der Waals surface area contributed by atoms with Crippen LogP contribution in [0, 0.1) is 35.5 Å². The molecule has 0 bridgehead atoms. The SMILES string of the molecule is CC[C](C)CC(C(C)CC(C)C)C(C)C(C)CC. The molecule has 0 aromatic heterocycles. The van der Waals surface area contributed by atoms with Crippen molar-refractivity contribution < 1.29 is 0 Å². The van der Waals surface area contributed by atoms with Crippen molar-refractivity contribution in [3.8, 4) is 0 Å². The molecule has 4 unspecified atom stereocenters. The average Bonchev–Trinajstić information content (AvgIpc) is 2.32. The molecule has 0 saturated heterocycles. The van der Waals surface area contributed by atoms with E-state index in [2.05, 4.69) is 55.4 Å². The first kappa shape index (κ1) is 18.0. The van der Waals surface area contributed by atoms with Gasteiger partial charge in [-0.1, -0.05) is 68.2 Å². The lowest BCUT2D eigenvalue weighted by Gasteiger charge is -2.35. The third-order valence-electron chi connectivity index (χ3n) is 4.98. The van der Waals surface area contributed by atoms with Crippen LogP contribution in [0.1, 0.15) is 81.1 Å². The zero-order valence-electron chi connectivity index (χ0n) is 14.2. The van der Waals surface area contributed by atoms with Gasteiger partial charge in [-0.05, 0) is 48.3 Å². The van der Waals surface area contributed by atoms with Crippen molar-refractivity contribution in [1.82, 2.24) is 0 Å². The summed E-state index contributed by atoms with van der Waals surface area (Å²) in [5.41, 5.74) is 0. The van der Waals surface area contributed by atoms with Crippen LogP contribution in [0.4, 0.5) is 0 Å². The molecular weight excluding hydrogens is 216 g/mol. The molecule has 0 rings (SSSR count). The van der Waals surface area contributed by atoms with Crippen LogP contribution >= 0.6 is 0 Å². The van der Waals surface area contributed by atoms with Crippen LogP contribution < -0.4 is 0 Å². The zero-order chi connectivity index (χ0) is 14.3. The molecule has 4 atom stereocenters. The quantitative estimate of drug-likeness (QED) is 0.448. The monoisotopic (exact) mass is 253 g/mol. The topological polar surface area (TPSA) is 0 Å². The molecule has 0 aromatic rings. The van der Waals surface area contributed by atoms with Gasteiger partial charge in [-0.3, -0.25) is 0 Å². The summed E-state index contributed by atoms with van der Waals surface area (Å²) >= 11 is 0. The Morgan fingerprint density at radius 1 is 0.889 bits per heavy atom. The van der Waals surface area contributed by atoms with E-state index in [1.165, 1.54) is 25.7 Å². The van der Waals surface area contributed by atoms with Gasteiger partial charge >= 0.3 is 0 Å². The summed E-state index contributed by atoms with van der Waals surface area (Å²) in [6.07, 6.45) is 5.29. The lowest BCUT2D eigenvalue weighted by Crippen LogP contribution is -2.27. The molecule has 0 spiro atoms. The largest absolute Gasteiger partial charge is 0.0651 e. The molecule has 0 heterocycles. The van der Waals surface area contributed by atoms with Gasteiger partial charge in [-0.25, -0.2) is 0 Å². The van der Waals surface area contributed by atoms with E-state index < -0.39 is 0 Å². The fourth-order valence-electron chi connectivity index (χ4n) is 3.16. The Morgan fingerprint density at radius 3 is 1.83 bits per heavy atom. The van der Waals surface area contributed by atoms with E-state index in [4.69, 9.17) is 0 Å². The summed E-state index contributed by atoms with van der Waals surface area (Å²) in [5.74, 6) is 5.96. The summed E-state index contributed by atoms with van der Waals surface area (Å²) in [7, 11) is 0. The molecule has 18 heavy (non-hydrogen) atoms. The van der Waals surface area contributed by atoms with E-state index in [1.54, 1.807) is 5.92 Å². The van der Waals surface area contributed by atoms with Crippen molar-refractivity contribution in [2.45, 2.75) is 81.1 Å². The second kappa shape index (κ2) is 8.99. The molecule has 0 N–H and O–H groups in total. The molecular formula is C18H37. The highest BCUT2D eigenvalue weighted by atomic mass is 14.3. The Bertz CT molecular complexity index is 194. The lowest BCUT2D eigenvalue weighted by molar-refractivity contribution is 0.165. The van der Waals surface area contributed by atoms with Gasteiger partial charge in [0.05, 0.1) is 0 Å². The summed E-state index contributed by atoms with van der Waals surface area (Å²) in [4.78, 5) is 0. The second-order valence-electron chi connectivity index (χ2n) is 7.03. The summed E-state index contributed by atoms with van der Waals surface area (Å²) in [6, 6.07) is 0. The van der Waals surface area contributed by atoms with Crippen molar-refractivity contribution in [2.24, 2.45) is 29.6 Å². The first-order valence-corrected chi connectivity index (χ1v) is 8.14. The lowest BCUT2D eigenvalue weighted by atomic mass is 9.70. The molecule has 0 aromatic carbocycles. The molecule has 1 radical (unpaired) electrons. The van der Waals surface area contributed by atoms with E-state index in [-0.39, 0.29) is 0 Å².